The third-order valence-corrected chi connectivity index (χ3v) is 11.4. The minimum Gasteiger partial charge on any atom is -0.478 e. The van der Waals surface area contributed by atoms with E-state index in [4.69, 9.17) is 15.3 Å². The highest BCUT2D eigenvalue weighted by atomic mass is 127. The Bertz CT molecular complexity index is 952. The van der Waals surface area contributed by atoms with Crippen molar-refractivity contribution in [3.63, 3.8) is 0 Å². The van der Waals surface area contributed by atoms with Crippen LogP contribution in [0.1, 0.15) is 31.1 Å². The zero-order valence-corrected chi connectivity index (χ0v) is 25.7. The molecular weight excluding hydrogens is 976 g/mol. The lowest BCUT2D eigenvalue weighted by Gasteiger charge is -2.11. The molecule has 28 heavy (non-hydrogen) atoms. The highest BCUT2D eigenvalue weighted by Gasteiger charge is 2.27. The van der Waals surface area contributed by atoms with E-state index in [9.17, 15) is 14.4 Å². The van der Waals surface area contributed by atoms with Gasteiger partial charge in [0.25, 0.3) is 0 Å². The van der Waals surface area contributed by atoms with Gasteiger partial charge >= 0.3 is 17.9 Å². The third-order valence-electron chi connectivity index (χ3n) is 2.92. The van der Waals surface area contributed by atoms with Crippen LogP contribution < -0.4 is 0 Å². The molecule has 0 aromatic heterocycles. The second-order valence-electron chi connectivity index (χ2n) is 4.67. The van der Waals surface area contributed by atoms with E-state index < -0.39 is 17.9 Å². The number of benzene rings is 2. The van der Waals surface area contributed by atoms with E-state index in [1.807, 2.05) is 28.7 Å². The molecule has 0 saturated heterocycles. The number of halogens is 7. The van der Waals surface area contributed by atoms with Gasteiger partial charge in [-0.1, -0.05) is 0 Å². The van der Waals surface area contributed by atoms with Crippen molar-refractivity contribution < 1.29 is 29.7 Å². The highest BCUT2D eigenvalue weighted by Crippen LogP contribution is 2.42. The number of rotatable bonds is 3. The fraction of sp³-hybridized carbons (Fsp3) is 0. The van der Waals surface area contributed by atoms with E-state index >= 15 is 0 Å². The van der Waals surface area contributed by atoms with Gasteiger partial charge in [0, 0.05) is 28.6 Å². The normalized spacial score (nSPS) is 10.1. The molecule has 0 aliphatic heterocycles. The molecule has 0 amide bonds. The fourth-order valence-electron chi connectivity index (χ4n) is 1.74. The third kappa shape index (κ3) is 6.48. The van der Waals surface area contributed by atoms with Gasteiger partial charge in [-0.2, -0.15) is 0 Å². The van der Waals surface area contributed by atoms with Crippen LogP contribution in [0.25, 0.3) is 0 Å². The average molecular weight is 982 g/mol. The Morgan fingerprint density at radius 3 is 1.39 bits per heavy atom. The minimum atomic E-state index is -1.32. The second-order valence-corrected chi connectivity index (χ2v) is 11.3. The summed E-state index contributed by atoms with van der Waals surface area (Å²) in [6, 6.07) is 3.63. The number of carboxylic acids is 3. The van der Waals surface area contributed by atoms with Crippen molar-refractivity contribution >= 4 is 149 Å². The summed E-state index contributed by atoms with van der Waals surface area (Å²) in [6.07, 6.45) is 0. The maximum atomic E-state index is 11.0. The van der Waals surface area contributed by atoms with Gasteiger partial charge in [0.2, 0.25) is 0 Å². The molecule has 13 heteroatoms. The van der Waals surface area contributed by atoms with Gasteiger partial charge in [-0.05, 0) is 144 Å². The van der Waals surface area contributed by atoms with Gasteiger partial charge in [0.05, 0.1) is 16.7 Å². The largest absolute Gasteiger partial charge is 0.478 e. The molecule has 2 aromatic carbocycles. The van der Waals surface area contributed by atoms with Crippen molar-refractivity contribution in [1.29, 1.82) is 0 Å². The van der Waals surface area contributed by atoms with E-state index in [1.54, 1.807) is 6.07 Å². The summed E-state index contributed by atoms with van der Waals surface area (Å²) in [5, 5.41) is 26.8. The summed E-state index contributed by atoms with van der Waals surface area (Å²) >= 11 is 18.7. The maximum Gasteiger partial charge on any atom is 0.337 e. The fourth-order valence-corrected chi connectivity index (χ4v) is 6.59. The van der Waals surface area contributed by atoms with Crippen LogP contribution in [-0.2, 0) is 0 Å². The molecule has 0 atom stereocenters. The first-order valence-electron chi connectivity index (χ1n) is 6.51. The Morgan fingerprint density at radius 1 is 0.679 bits per heavy atom. The molecule has 0 saturated carbocycles. The first-order valence-corrected chi connectivity index (χ1v) is 12.9. The van der Waals surface area contributed by atoms with Crippen LogP contribution in [0.5, 0.6) is 0 Å². The lowest BCUT2D eigenvalue weighted by molar-refractivity contribution is 0.0649. The van der Waals surface area contributed by atoms with Crippen molar-refractivity contribution in [3.8, 4) is 0 Å². The number of carbonyl (C=O) groups is 3. The Kier molecular flexibility index (Phi) is 11.1. The van der Waals surface area contributed by atoms with Gasteiger partial charge in [0.1, 0.15) is 0 Å². The lowest BCUT2D eigenvalue weighted by Crippen LogP contribution is -2.11. The van der Waals surface area contributed by atoms with Crippen molar-refractivity contribution in [2.24, 2.45) is 0 Å². The van der Waals surface area contributed by atoms with Gasteiger partial charge in [-0.25, -0.2) is 14.4 Å². The van der Waals surface area contributed by atoms with Gasteiger partial charge in [-0.15, -0.1) is 0 Å². The molecule has 2 aromatic rings. The van der Waals surface area contributed by atoms with Crippen molar-refractivity contribution in [1.82, 2.24) is 0 Å². The average Bonchev–Trinajstić information content (AvgIpc) is 2.58. The van der Waals surface area contributed by atoms with Crippen molar-refractivity contribution in [2.45, 2.75) is 0 Å². The molecule has 0 unspecified atom stereocenters. The molecule has 0 spiro atoms. The minimum absolute atomic E-state index is 0.174. The Labute approximate surface area is 233 Å². The van der Waals surface area contributed by atoms with E-state index in [1.165, 1.54) is 0 Å². The quantitative estimate of drug-likeness (QED) is 0.169. The van der Waals surface area contributed by atoms with E-state index in [0.717, 1.165) is 10.7 Å². The van der Waals surface area contributed by atoms with E-state index in [-0.39, 0.29) is 20.1 Å². The molecule has 0 aliphatic rings. The van der Waals surface area contributed by atoms with Crippen LogP contribution in [0.4, 0.5) is 0 Å². The molecule has 3 N–H and O–H groups in total. The summed E-state index contributed by atoms with van der Waals surface area (Å²) in [5.74, 6) is -3.51. The van der Waals surface area contributed by atoms with Crippen LogP contribution in [-0.4, -0.2) is 33.2 Å². The lowest BCUT2D eigenvalue weighted by atomic mass is 10.1. The Morgan fingerprint density at radius 2 is 1.07 bits per heavy atom. The number of carboxylic acid groups (broad SMARTS) is 3. The Balaban J connectivity index is 0.000000292. The topological polar surface area (TPSA) is 112 Å². The van der Waals surface area contributed by atoms with Gasteiger partial charge in [0.15, 0.2) is 0 Å². The monoisotopic (exact) mass is 977 g/mol. The molecular formula is C15H5Br4I3O6. The first-order chi connectivity index (χ1) is 12.8. The number of aromatic carboxylic acids is 3. The zero-order valence-electron chi connectivity index (χ0n) is 12.9. The summed E-state index contributed by atoms with van der Waals surface area (Å²) in [5.41, 5.74) is -0.240. The summed E-state index contributed by atoms with van der Waals surface area (Å²) < 4.78 is 3.96. The predicted molar refractivity (Wildman–Crippen MR) is 143 cm³/mol. The van der Waals surface area contributed by atoms with E-state index in [0.29, 0.717) is 14.5 Å². The molecule has 2 rings (SSSR count). The smallest absolute Gasteiger partial charge is 0.337 e. The number of hydrogen-bond acceptors (Lipinski definition) is 3. The number of hydrogen-bond donors (Lipinski definition) is 3. The predicted octanol–water partition coefficient (Wildman–Crippen LogP) is 7.33. The Hall–Kier alpha value is 0.960. The van der Waals surface area contributed by atoms with Crippen LogP contribution in [0, 0.1) is 10.7 Å². The molecule has 6 nitrogen and oxygen atoms in total. The maximum absolute atomic E-state index is 11.0. The van der Waals surface area contributed by atoms with Gasteiger partial charge < -0.3 is 15.3 Å². The molecule has 0 radical (unpaired) electrons. The molecule has 0 bridgehead atoms. The summed E-state index contributed by atoms with van der Waals surface area (Å²) in [6.45, 7) is 0. The molecule has 150 valence electrons. The SMILES string of the molecule is O=C(O)c1c(Br)c(Br)c(Br)c(Br)c1C(=O)O.O=C(O)c1cc(I)cc(I)c1I. The highest BCUT2D eigenvalue weighted by molar-refractivity contribution is 14.1. The van der Waals surface area contributed by atoms with Gasteiger partial charge in [-0.3, -0.25) is 0 Å². The van der Waals surface area contributed by atoms with Crippen LogP contribution >= 0.6 is 131 Å². The van der Waals surface area contributed by atoms with E-state index in [2.05, 4.69) is 109 Å². The molecule has 0 heterocycles. The van der Waals surface area contributed by atoms with Crippen LogP contribution in [0.15, 0.2) is 30.0 Å². The van der Waals surface area contributed by atoms with Crippen LogP contribution in [0.2, 0.25) is 0 Å². The molecule has 0 fully saturated rings. The zero-order chi connectivity index (χ0) is 21.9. The summed E-state index contributed by atoms with van der Waals surface area (Å²) in [4.78, 5) is 32.7. The first kappa shape index (κ1) is 27.0. The standard InChI is InChI=1S/C8H2Br4O4.C7H3I3O2/c9-3-1(7(13)14)2(8(15)16)4(10)6(12)5(3)11;8-3-1-4(7(11)12)6(10)5(9)2-3/h(H,13,14)(H,15,16);1-2H,(H,11,12). The van der Waals surface area contributed by atoms with Crippen molar-refractivity contribution in [2.75, 3.05) is 0 Å². The molecule has 0 aliphatic carbocycles. The second kappa shape index (κ2) is 11.5. The van der Waals surface area contributed by atoms with Crippen LogP contribution in [0.3, 0.4) is 0 Å². The van der Waals surface area contributed by atoms with Crippen molar-refractivity contribution in [3.05, 3.63) is 57.4 Å². The summed E-state index contributed by atoms with van der Waals surface area (Å²) in [7, 11) is 0.